The maximum atomic E-state index is 14.2. The first-order chi connectivity index (χ1) is 13.8. The van der Waals surface area contributed by atoms with Gasteiger partial charge in [-0.15, -0.1) is 0 Å². The van der Waals surface area contributed by atoms with Crippen LogP contribution in [0.3, 0.4) is 0 Å². The molecule has 9 heteroatoms. The largest absolute Gasteiger partial charge is 0.387 e. The van der Waals surface area contributed by atoms with Gasteiger partial charge in [0.15, 0.2) is 5.69 Å². The zero-order chi connectivity index (χ0) is 21.1. The first-order valence-electron chi connectivity index (χ1n) is 8.61. The topological polar surface area (TPSA) is 121 Å². The van der Waals surface area contributed by atoms with Gasteiger partial charge in [0.2, 0.25) is 0 Å². The molecule has 0 aliphatic carbocycles. The number of aromatic amines is 1. The summed E-state index contributed by atoms with van der Waals surface area (Å²) in [7, 11) is 0. The lowest BCUT2D eigenvalue weighted by Gasteiger charge is -2.04. The number of nitrogens with zero attached hydrogens (tertiary/aromatic N) is 4. The Balaban J connectivity index is 1.98. The van der Waals surface area contributed by atoms with E-state index in [4.69, 9.17) is 17.3 Å². The van der Waals surface area contributed by atoms with Crippen molar-refractivity contribution in [3.8, 4) is 28.7 Å². The van der Waals surface area contributed by atoms with Gasteiger partial charge in [-0.2, -0.15) is 10.3 Å². The highest BCUT2D eigenvalue weighted by Gasteiger charge is 2.19. The van der Waals surface area contributed by atoms with Crippen LogP contribution in [-0.2, 0) is 0 Å². The fraction of sp³-hybridized carbons (Fsp3) is 0.150. The van der Waals surface area contributed by atoms with E-state index in [2.05, 4.69) is 19.9 Å². The number of aliphatic imine (C=N–C) groups is 1. The van der Waals surface area contributed by atoms with E-state index < -0.39 is 11.7 Å². The SMILES string of the molecule is CC(C)C(N)=NC(=O)c1ccc(-c2[nH]c(-c3c(F)cccc3Cl)nc2C#N)cn1. The van der Waals surface area contributed by atoms with Crippen LogP contribution in [0.4, 0.5) is 4.39 Å². The smallest absolute Gasteiger partial charge is 0.297 e. The van der Waals surface area contributed by atoms with E-state index in [9.17, 15) is 14.4 Å². The van der Waals surface area contributed by atoms with Gasteiger partial charge in [-0.25, -0.2) is 9.37 Å². The van der Waals surface area contributed by atoms with E-state index in [1.807, 2.05) is 19.9 Å². The molecule has 0 aliphatic rings. The molecule has 2 aromatic heterocycles. The molecule has 146 valence electrons. The molecular formula is C20H16ClFN6O. The van der Waals surface area contributed by atoms with Crippen LogP contribution in [0.15, 0.2) is 41.5 Å². The lowest BCUT2D eigenvalue weighted by molar-refractivity contribution is 0.0997. The number of imidazole rings is 1. The third kappa shape index (κ3) is 4.15. The Morgan fingerprint density at radius 3 is 2.69 bits per heavy atom. The summed E-state index contributed by atoms with van der Waals surface area (Å²) in [6, 6.07) is 9.26. The Morgan fingerprint density at radius 2 is 2.10 bits per heavy atom. The van der Waals surface area contributed by atoms with Gasteiger partial charge in [0.05, 0.1) is 16.3 Å². The molecule has 3 N–H and O–H groups in total. The van der Waals surface area contributed by atoms with Crippen molar-refractivity contribution in [3.05, 3.63) is 58.8 Å². The average Bonchev–Trinajstić information content (AvgIpc) is 3.11. The number of nitrogens with two attached hydrogens (primary N) is 1. The van der Waals surface area contributed by atoms with E-state index >= 15 is 0 Å². The summed E-state index contributed by atoms with van der Waals surface area (Å²) in [4.78, 5) is 27.1. The molecule has 1 amide bonds. The molecule has 0 saturated heterocycles. The first kappa shape index (κ1) is 20.2. The number of nitrogens with one attached hydrogen (secondary N) is 1. The molecule has 0 aliphatic heterocycles. The second-order valence-corrected chi connectivity index (χ2v) is 6.85. The van der Waals surface area contributed by atoms with Crippen LogP contribution < -0.4 is 5.73 Å². The van der Waals surface area contributed by atoms with E-state index in [0.717, 1.165) is 0 Å². The number of carbonyl (C=O) groups is 1. The number of benzene rings is 1. The molecule has 0 spiro atoms. The quantitative estimate of drug-likeness (QED) is 0.498. The zero-order valence-corrected chi connectivity index (χ0v) is 16.3. The van der Waals surface area contributed by atoms with Gasteiger partial charge in [-0.1, -0.05) is 31.5 Å². The number of pyridine rings is 1. The molecule has 0 atom stereocenters. The van der Waals surface area contributed by atoms with Crippen LogP contribution in [-0.4, -0.2) is 26.7 Å². The summed E-state index contributed by atoms with van der Waals surface area (Å²) in [6.07, 6.45) is 1.40. The third-order valence-electron chi connectivity index (χ3n) is 4.10. The van der Waals surface area contributed by atoms with Gasteiger partial charge >= 0.3 is 0 Å². The van der Waals surface area contributed by atoms with Gasteiger partial charge < -0.3 is 10.7 Å². The summed E-state index contributed by atoms with van der Waals surface area (Å²) < 4.78 is 14.2. The number of hydrogen-bond acceptors (Lipinski definition) is 4. The van der Waals surface area contributed by atoms with Crippen molar-refractivity contribution >= 4 is 23.3 Å². The van der Waals surface area contributed by atoms with Gasteiger partial charge in [-0.05, 0) is 24.3 Å². The lowest BCUT2D eigenvalue weighted by atomic mass is 10.1. The summed E-state index contributed by atoms with van der Waals surface area (Å²) in [5.41, 5.74) is 6.74. The number of aromatic nitrogens is 3. The maximum absolute atomic E-state index is 14.2. The number of carbonyl (C=O) groups excluding carboxylic acids is 1. The predicted octanol–water partition coefficient (Wildman–Crippen LogP) is 3.96. The minimum absolute atomic E-state index is 0.0438. The van der Waals surface area contributed by atoms with Crippen molar-refractivity contribution in [2.24, 2.45) is 16.6 Å². The number of amidine groups is 1. The van der Waals surface area contributed by atoms with Crippen LogP contribution in [0.1, 0.15) is 30.0 Å². The molecular weight excluding hydrogens is 395 g/mol. The van der Waals surface area contributed by atoms with Gasteiger partial charge in [0, 0.05) is 17.7 Å². The normalized spacial score (nSPS) is 11.5. The van der Waals surface area contributed by atoms with Crippen molar-refractivity contribution in [1.29, 1.82) is 5.26 Å². The number of rotatable bonds is 4. The number of H-pyrrole nitrogens is 1. The Bertz CT molecular complexity index is 1120. The summed E-state index contributed by atoms with van der Waals surface area (Å²) in [6.45, 7) is 3.65. The molecule has 7 nitrogen and oxygen atoms in total. The van der Waals surface area contributed by atoms with Crippen molar-refractivity contribution in [1.82, 2.24) is 15.0 Å². The molecule has 3 aromatic rings. The summed E-state index contributed by atoms with van der Waals surface area (Å²) in [5.74, 6) is -0.861. The minimum atomic E-state index is -0.568. The minimum Gasteiger partial charge on any atom is -0.387 e. The molecule has 0 unspecified atom stereocenters. The number of hydrogen-bond donors (Lipinski definition) is 2. The highest BCUT2D eigenvalue weighted by molar-refractivity contribution is 6.33. The lowest BCUT2D eigenvalue weighted by Crippen LogP contribution is -2.20. The van der Waals surface area contributed by atoms with Crippen molar-refractivity contribution in [2.75, 3.05) is 0 Å². The van der Waals surface area contributed by atoms with Crippen LogP contribution in [0.25, 0.3) is 22.6 Å². The predicted molar refractivity (Wildman–Crippen MR) is 108 cm³/mol. The van der Waals surface area contributed by atoms with Gasteiger partial charge in [0.1, 0.15) is 29.2 Å². The zero-order valence-electron chi connectivity index (χ0n) is 15.6. The standard InChI is InChI=1S/C20H16ClFN6O/c1-10(2)18(24)28-20(29)14-7-6-11(9-25-14)17-15(8-23)26-19(27-17)16-12(21)4-3-5-13(16)22/h3-7,9-10H,1-2H3,(H,26,27)(H2,24,28,29). The molecule has 3 rings (SSSR count). The van der Waals surface area contributed by atoms with Gasteiger partial charge in [-0.3, -0.25) is 9.78 Å². The molecule has 0 fully saturated rings. The third-order valence-corrected chi connectivity index (χ3v) is 4.42. The first-order valence-corrected chi connectivity index (χ1v) is 8.99. The average molecular weight is 411 g/mol. The fourth-order valence-electron chi connectivity index (χ4n) is 2.48. The molecule has 1 aromatic carbocycles. The van der Waals surface area contributed by atoms with E-state index in [-0.39, 0.29) is 39.6 Å². The second-order valence-electron chi connectivity index (χ2n) is 6.45. The van der Waals surface area contributed by atoms with Crippen molar-refractivity contribution < 1.29 is 9.18 Å². The molecule has 0 saturated carbocycles. The summed E-state index contributed by atoms with van der Waals surface area (Å²) >= 11 is 6.08. The van der Waals surface area contributed by atoms with E-state index in [1.165, 1.54) is 30.5 Å². The summed E-state index contributed by atoms with van der Waals surface area (Å²) in [5, 5.41) is 9.57. The van der Waals surface area contributed by atoms with Crippen molar-refractivity contribution in [2.45, 2.75) is 13.8 Å². The molecule has 0 radical (unpaired) electrons. The number of nitriles is 1. The highest BCUT2D eigenvalue weighted by Crippen LogP contribution is 2.31. The van der Waals surface area contributed by atoms with Crippen LogP contribution in [0.5, 0.6) is 0 Å². The van der Waals surface area contributed by atoms with Crippen LogP contribution in [0.2, 0.25) is 5.02 Å². The van der Waals surface area contributed by atoms with E-state index in [0.29, 0.717) is 11.3 Å². The van der Waals surface area contributed by atoms with E-state index in [1.54, 1.807) is 6.07 Å². The maximum Gasteiger partial charge on any atom is 0.297 e. The van der Waals surface area contributed by atoms with Crippen LogP contribution in [0, 0.1) is 23.1 Å². The van der Waals surface area contributed by atoms with Gasteiger partial charge in [0.25, 0.3) is 5.91 Å². The Morgan fingerprint density at radius 1 is 1.34 bits per heavy atom. The molecule has 29 heavy (non-hydrogen) atoms. The monoisotopic (exact) mass is 410 g/mol. The Labute approximate surface area is 171 Å². The highest BCUT2D eigenvalue weighted by atomic mass is 35.5. The number of amides is 1. The second kappa shape index (κ2) is 8.20. The Kier molecular flexibility index (Phi) is 5.71. The molecule has 0 bridgehead atoms. The van der Waals surface area contributed by atoms with Crippen molar-refractivity contribution in [3.63, 3.8) is 0 Å². The van der Waals surface area contributed by atoms with Crippen LogP contribution >= 0.6 is 11.6 Å². The fourth-order valence-corrected chi connectivity index (χ4v) is 2.73. The Hall–Kier alpha value is -3.57. The molecule has 2 heterocycles. The number of halogens is 2.